The Labute approximate surface area is 151 Å². The Morgan fingerprint density at radius 3 is 2.62 bits per heavy atom. The molecule has 26 heavy (non-hydrogen) atoms. The van der Waals surface area contributed by atoms with Gasteiger partial charge in [-0.15, -0.1) is 15.0 Å². The second-order valence-electron chi connectivity index (χ2n) is 6.15. The summed E-state index contributed by atoms with van der Waals surface area (Å²) in [7, 11) is 0. The lowest BCUT2D eigenvalue weighted by Gasteiger charge is -2.12. The number of esters is 1. The van der Waals surface area contributed by atoms with Crippen molar-refractivity contribution in [1.29, 1.82) is 0 Å². The van der Waals surface area contributed by atoms with Crippen molar-refractivity contribution in [1.82, 2.24) is 15.0 Å². The summed E-state index contributed by atoms with van der Waals surface area (Å²) in [6, 6.07) is 13.0. The van der Waals surface area contributed by atoms with Crippen LogP contribution in [0.4, 0.5) is 0 Å². The first-order chi connectivity index (χ1) is 12.6. The van der Waals surface area contributed by atoms with E-state index in [4.69, 9.17) is 4.74 Å². The molecule has 1 heterocycles. The van der Waals surface area contributed by atoms with Gasteiger partial charge < -0.3 is 9.84 Å². The summed E-state index contributed by atoms with van der Waals surface area (Å²) < 4.78 is 5.16. The molecule has 0 radical (unpaired) electrons. The van der Waals surface area contributed by atoms with Gasteiger partial charge in [0, 0.05) is 6.08 Å². The standard InChI is InChI=1S/C20H21N3O3/c1-3-20(25)26-14(2)7-6-8-15-11-12-19(24)18(13-15)23-21-16-9-4-5-10-17(16)22-23/h3-5,9-14,24H,1,6-8H2,2H3. The molecule has 6 heteroatoms. The van der Waals surface area contributed by atoms with Crippen LogP contribution in [-0.4, -0.2) is 32.2 Å². The van der Waals surface area contributed by atoms with Crippen LogP contribution in [0.1, 0.15) is 25.3 Å². The third-order valence-corrected chi connectivity index (χ3v) is 4.10. The van der Waals surface area contributed by atoms with Gasteiger partial charge in [-0.25, -0.2) is 4.79 Å². The van der Waals surface area contributed by atoms with Gasteiger partial charge >= 0.3 is 5.97 Å². The van der Waals surface area contributed by atoms with Gasteiger partial charge in [-0.3, -0.25) is 0 Å². The largest absolute Gasteiger partial charge is 0.506 e. The van der Waals surface area contributed by atoms with Crippen LogP contribution in [0.25, 0.3) is 16.7 Å². The monoisotopic (exact) mass is 351 g/mol. The topological polar surface area (TPSA) is 77.2 Å². The maximum absolute atomic E-state index is 11.2. The fourth-order valence-electron chi connectivity index (χ4n) is 2.75. The van der Waals surface area contributed by atoms with Gasteiger partial charge in [0.25, 0.3) is 0 Å². The molecule has 3 rings (SSSR count). The molecular formula is C20H21N3O3. The van der Waals surface area contributed by atoms with E-state index in [2.05, 4.69) is 16.8 Å². The van der Waals surface area contributed by atoms with E-state index >= 15 is 0 Å². The van der Waals surface area contributed by atoms with E-state index in [1.54, 1.807) is 6.07 Å². The molecular weight excluding hydrogens is 330 g/mol. The van der Waals surface area contributed by atoms with Crippen molar-refractivity contribution in [2.45, 2.75) is 32.3 Å². The number of aromatic nitrogens is 3. The van der Waals surface area contributed by atoms with Gasteiger partial charge in [0.2, 0.25) is 0 Å². The third kappa shape index (κ3) is 4.08. The molecule has 0 saturated heterocycles. The van der Waals surface area contributed by atoms with Gasteiger partial charge in [-0.1, -0.05) is 24.8 Å². The molecule has 1 atom stereocenters. The zero-order valence-corrected chi connectivity index (χ0v) is 14.6. The maximum Gasteiger partial charge on any atom is 0.330 e. The predicted octanol–water partition coefficient (Wildman–Crippen LogP) is 3.57. The number of carbonyl (C=O) groups excluding carboxylic acids is 1. The minimum absolute atomic E-state index is 0.127. The van der Waals surface area contributed by atoms with E-state index in [-0.39, 0.29) is 11.9 Å². The van der Waals surface area contributed by atoms with E-state index in [9.17, 15) is 9.90 Å². The number of aromatic hydroxyl groups is 1. The highest BCUT2D eigenvalue weighted by Crippen LogP contribution is 2.24. The SMILES string of the molecule is C=CC(=O)OC(C)CCCc1ccc(O)c(-n2nc3ccccc3n2)c1. The zero-order valence-electron chi connectivity index (χ0n) is 14.6. The second-order valence-corrected chi connectivity index (χ2v) is 6.15. The second kappa shape index (κ2) is 7.82. The molecule has 3 aromatic rings. The van der Waals surface area contributed by atoms with Gasteiger partial charge in [0.1, 0.15) is 22.5 Å². The molecule has 0 aliphatic rings. The van der Waals surface area contributed by atoms with E-state index in [0.29, 0.717) is 5.69 Å². The number of benzene rings is 2. The van der Waals surface area contributed by atoms with Crippen molar-refractivity contribution < 1.29 is 14.6 Å². The average Bonchev–Trinajstić information content (AvgIpc) is 3.06. The van der Waals surface area contributed by atoms with Crippen LogP contribution in [0.3, 0.4) is 0 Å². The molecule has 0 fully saturated rings. The molecule has 2 aromatic carbocycles. The van der Waals surface area contributed by atoms with Crippen LogP contribution in [0.2, 0.25) is 0 Å². The van der Waals surface area contributed by atoms with Crippen molar-refractivity contribution >= 4 is 17.0 Å². The van der Waals surface area contributed by atoms with Gasteiger partial charge in [-0.2, -0.15) is 0 Å². The lowest BCUT2D eigenvalue weighted by molar-refractivity contribution is -0.142. The van der Waals surface area contributed by atoms with E-state index in [1.165, 1.54) is 10.9 Å². The number of fused-ring (bicyclic) bond motifs is 1. The molecule has 0 spiro atoms. The molecule has 0 aliphatic carbocycles. The van der Waals surface area contributed by atoms with Crippen LogP contribution in [0, 0.1) is 0 Å². The predicted molar refractivity (Wildman–Crippen MR) is 99.2 cm³/mol. The normalized spacial score (nSPS) is 12.0. The maximum atomic E-state index is 11.2. The molecule has 6 nitrogen and oxygen atoms in total. The number of hydrogen-bond donors (Lipinski definition) is 1. The number of phenolic OH excluding ortho intramolecular Hbond substituents is 1. The molecule has 0 saturated carbocycles. The summed E-state index contributed by atoms with van der Waals surface area (Å²) in [5, 5.41) is 19.0. The summed E-state index contributed by atoms with van der Waals surface area (Å²) in [6.45, 7) is 5.26. The number of hydrogen-bond acceptors (Lipinski definition) is 5. The van der Waals surface area contributed by atoms with Gasteiger partial charge in [0.05, 0.1) is 6.10 Å². The Balaban J connectivity index is 1.69. The highest BCUT2D eigenvalue weighted by atomic mass is 16.5. The first kappa shape index (κ1) is 17.7. The van der Waals surface area contributed by atoms with E-state index in [1.807, 2.05) is 43.3 Å². The van der Waals surface area contributed by atoms with Crippen molar-refractivity contribution in [2.24, 2.45) is 0 Å². The fraction of sp³-hybridized carbons (Fsp3) is 0.250. The van der Waals surface area contributed by atoms with Crippen molar-refractivity contribution in [3.05, 3.63) is 60.7 Å². The van der Waals surface area contributed by atoms with Crippen LogP contribution in [0.5, 0.6) is 5.75 Å². The molecule has 0 aliphatic heterocycles. The van der Waals surface area contributed by atoms with Gasteiger partial charge in [0.15, 0.2) is 0 Å². The van der Waals surface area contributed by atoms with E-state index in [0.717, 1.165) is 35.9 Å². The Morgan fingerprint density at radius 2 is 1.96 bits per heavy atom. The minimum atomic E-state index is -0.402. The molecule has 134 valence electrons. The van der Waals surface area contributed by atoms with Crippen LogP contribution < -0.4 is 0 Å². The summed E-state index contributed by atoms with van der Waals surface area (Å²) in [6.07, 6.45) is 3.41. The van der Waals surface area contributed by atoms with Crippen LogP contribution >= 0.6 is 0 Å². The van der Waals surface area contributed by atoms with E-state index < -0.39 is 5.97 Å². The van der Waals surface area contributed by atoms with Crippen LogP contribution in [0.15, 0.2) is 55.1 Å². The fourth-order valence-corrected chi connectivity index (χ4v) is 2.75. The molecule has 1 unspecified atom stereocenters. The lowest BCUT2D eigenvalue weighted by atomic mass is 10.1. The smallest absolute Gasteiger partial charge is 0.330 e. The quantitative estimate of drug-likeness (QED) is 0.520. The molecule has 0 bridgehead atoms. The summed E-state index contributed by atoms with van der Waals surface area (Å²) in [4.78, 5) is 12.6. The first-order valence-corrected chi connectivity index (χ1v) is 8.54. The number of aryl methyl sites for hydroxylation is 1. The Kier molecular flexibility index (Phi) is 5.31. The summed E-state index contributed by atoms with van der Waals surface area (Å²) >= 11 is 0. The van der Waals surface area contributed by atoms with Crippen molar-refractivity contribution in [3.8, 4) is 11.4 Å². The number of phenols is 1. The Hall–Kier alpha value is -3.15. The summed E-state index contributed by atoms with van der Waals surface area (Å²) in [5.74, 6) is -0.274. The Morgan fingerprint density at radius 1 is 1.27 bits per heavy atom. The van der Waals surface area contributed by atoms with Gasteiger partial charge in [-0.05, 0) is 56.0 Å². The lowest BCUT2D eigenvalue weighted by Crippen LogP contribution is -2.12. The minimum Gasteiger partial charge on any atom is -0.506 e. The van der Waals surface area contributed by atoms with Crippen molar-refractivity contribution in [2.75, 3.05) is 0 Å². The number of nitrogens with zero attached hydrogens (tertiary/aromatic N) is 3. The highest BCUT2D eigenvalue weighted by Gasteiger charge is 2.11. The molecule has 1 N–H and O–H groups in total. The summed E-state index contributed by atoms with van der Waals surface area (Å²) in [5.41, 5.74) is 3.15. The van der Waals surface area contributed by atoms with Crippen LogP contribution in [-0.2, 0) is 16.0 Å². The zero-order chi connectivity index (χ0) is 18.5. The number of ether oxygens (including phenoxy) is 1. The molecule has 1 aromatic heterocycles. The Bertz CT molecular complexity index is 900. The third-order valence-electron chi connectivity index (χ3n) is 4.10. The molecule has 0 amide bonds. The van der Waals surface area contributed by atoms with Crippen molar-refractivity contribution in [3.63, 3.8) is 0 Å². The highest BCUT2D eigenvalue weighted by molar-refractivity contribution is 5.81. The first-order valence-electron chi connectivity index (χ1n) is 8.54. The number of carbonyl (C=O) groups is 1. The average molecular weight is 351 g/mol. The number of rotatable bonds is 7.